The van der Waals surface area contributed by atoms with E-state index in [1.54, 1.807) is 26.4 Å². The predicted molar refractivity (Wildman–Crippen MR) is 132 cm³/mol. The molecule has 1 aliphatic heterocycles. The van der Waals surface area contributed by atoms with Crippen molar-refractivity contribution in [3.8, 4) is 11.5 Å². The molecule has 0 saturated carbocycles. The second-order valence-electron chi connectivity index (χ2n) is 7.93. The predicted octanol–water partition coefficient (Wildman–Crippen LogP) is 2.05. The van der Waals surface area contributed by atoms with Crippen molar-refractivity contribution in [1.82, 2.24) is 21.0 Å². The monoisotopic (exact) mass is 480 g/mol. The van der Waals surface area contributed by atoms with Crippen LogP contribution in [0, 0.1) is 0 Å². The van der Waals surface area contributed by atoms with Gasteiger partial charge >= 0.3 is 0 Å². The number of nitrogens with one attached hydrogen (secondary N) is 4. The maximum atomic E-state index is 12.5. The van der Waals surface area contributed by atoms with Crippen molar-refractivity contribution in [2.45, 2.75) is 24.9 Å². The highest BCUT2D eigenvalue weighted by Gasteiger charge is 2.39. The Balaban J connectivity index is 1.29. The molecule has 0 radical (unpaired) electrons. The molecule has 0 saturated heterocycles. The lowest BCUT2D eigenvalue weighted by Crippen LogP contribution is -2.38. The Bertz CT molecular complexity index is 1280. The number of hydrogen-bond donors (Lipinski definition) is 4. The van der Waals surface area contributed by atoms with E-state index in [0.717, 1.165) is 5.39 Å². The van der Waals surface area contributed by atoms with E-state index in [0.29, 0.717) is 54.2 Å². The number of ether oxygens (including phenoxy) is 2. The number of aromatic amines is 1. The molecule has 11 heteroatoms. The minimum absolute atomic E-state index is 0.109. The minimum atomic E-state index is -0.963. The lowest BCUT2D eigenvalue weighted by atomic mass is 9.94. The Morgan fingerprint density at radius 2 is 1.91 bits per heavy atom. The standard InChI is InChI=1S/C24H28N6O5/c1-33-19-10-5-9-18(21(19)34-2)24(27-15-35-30-24)12-11-20(31)25-13-6-14-26-22-16-7-3-4-8-17(16)23(32)29-28-22/h3-5,7-10,15,30H,6,11-14H2,1-2H3,(H,25,31)(H,26,28)(H,29,32). The maximum absolute atomic E-state index is 12.5. The summed E-state index contributed by atoms with van der Waals surface area (Å²) in [4.78, 5) is 34.1. The summed E-state index contributed by atoms with van der Waals surface area (Å²) in [5.41, 5.74) is 2.42. The number of hydrogen-bond acceptors (Lipinski definition) is 9. The van der Waals surface area contributed by atoms with Crippen LogP contribution in [0.1, 0.15) is 24.8 Å². The number of anilines is 1. The molecule has 1 aliphatic rings. The molecule has 184 valence electrons. The van der Waals surface area contributed by atoms with E-state index < -0.39 is 5.66 Å². The number of H-pyrrole nitrogens is 1. The van der Waals surface area contributed by atoms with E-state index in [9.17, 15) is 9.59 Å². The summed E-state index contributed by atoms with van der Waals surface area (Å²) in [6.07, 6.45) is 2.56. The van der Waals surface area contributed by atoms with Crippen molar-refractivity contribution in [3.05, 3.63) is 58.4 Å². The Morgan fingerprint density at radius 3 is 2.66 bits per heavy atom. The summed E-state index contributed by atoms with van der Waals surface area (Å²) in [7, 11) is 3.12. The summed E-state index contributed by atoms with van der Waals surface area (Å²) in [6, 6.07) is 12.8. The zero-order valence-electron chi connectivity index (χ0n) is 19.6. The minimum Gasteiger partial charge on any atom is -0.493 e. The quantitative estimate of drug-likeness (QED) is 0.306. The topological polar surface area (TPSA) is 139 Å². The van der Waals surface area contributed by atoms with E-state index in [2.05, 4.69) is 31.3 Å². The molecule has 1 aromatic heterocycles. The molecule has 0 spiro atoms. The lowest BCUT2D eigenvalue weighted by molar-refractivity contribution is -0.121. The highest BCUT2D eigenvalue weighted by molar-refractivity contribution is 5.90. The van der Waals surface area contributed by atoms with Gasteiger partial charge in [0.1, 0.15) is 0 Å². The number of benzene rings is 2. The van der Waals surface area contributed by atoms with E-state index in [1.807, 2.05) is 30.3 Å². The highest BCUT2D eigenvalue weighted by Crippen LogP contribution is 2.41. The third-order valence-electron chi connectivity index (χ3n) is 5.78. The summed E-state index contributed by atoms with van der Waals surface area (Å²) in [5.74, 6) is 1.59. The first-order valence-corrected chi connectivity index (χ1v) is 11.2. The Morgan fingerprint density at radius 1 is 1.09 bits per heavy atom. The van der Waals surface area contributed by atoms with Gasteiger partial charge in [-0.3, -0.25) is 9.59 Å². The van der Waals surface area contributed by atoms with Gasteiger partial charge in [-0.2, -0.15) is 5.10 Å². The van der Waals surface area contributed by atoms with Crippen molar-refractivity contribution in [1.29, 1.82) is 0 Å². The summed E-state index contributed by atoms with van der Waals surface area (Å²) in [6.45, 7) is 1.06. The third-order valence-corrected chi connectivity index (χ3v) is 5.78. The van der Waals surface area contributed by atoms with Crippen LogP contribution in [0.3, 0.4) is 0 Å². The fourth-order valence-corrected chi connectivity index (χ4v) is 4.01. The zero-order valence-corrected chi connectivity index (χ0v) is 19.6. The molecule has 0 fully saturated rings. The average Bonchev–Trinajstić information content (AvgIpc) is 3.38. The van der Waals surface area contributed by atoms with Gasteiger partial charge in [-0.25, -0.2) is 10.1 Å². The number of carbonyl (C=O) groups is 1. The van der Waals surface area contributed by atoms with Crippen molar-refractivity contribution in [2.24, 2.45) is 4.99 Å². The molecule has 11 nitrogen and oxygen atoms in total. The Labute approximate surface area is 201 Å². The first-order chi connectivity index (χ1) is 17.1. The molecular weight excluding hydrogens is 452 g/mol. The van der Waals surface area contributed by atoms with Crippen LogP contribution in [0.4, 0.5) is 5.82 Å². The van der Waals surface area contributed by atoms with Gasteiger partial charge in [-0.1, -0.05) is 30.3 Å². The van der Waals surface area contributed by atoms with Crippen LogP contribution in [-0.2, 0) is 15.3 Å². The van der Waals surface area contributed by atoms with Crippen LogP contribution in [0.25, 0.3) is 10.8 Å². The van der Waals surface area contributed by atoms with Crippen LogP contribution in [0.15, 0.2) is 52.3 Å². The Hall–Kier alpha value is -4.12. The molecule has 0 aliphatic carbocycles. The van der Waals surface area contributed by atoms with E-state index in [-0.39, 0.29) is 17.9 Å². The maximum Gasteiger partial charge on any atom is 0.272 e. The fraction of sp³-hybridized carbons (Fsp3) is 0.333. The molecule has 4 rings (SSSR count). The number of methoxy groups -OCH3 is 2. The molecule has 2 aromatic carbocycles. The first kappa shape index (κ1) is 24.0. The molecule has 0 bridgehead atoms. The van der Waals surface area contributed by atoms with Gasteiger partial charge in [-0.05, 0) is 18.6 Å². The number of aliphatic imine (C=N–C) groups is 1. The van der Waals surface area contributed by atoms with Crippen LogP contribution < -0.4 is 31.1 Å². The van der Waals surface area contributed by atoms with Crippen molar-refractivity contribution in [2.75, 3.05) is 32.6 Å². The first-order valence-electron chi connectivity index (χ1n) is 11.2. The molecule has 3 aromatic rings. The molecule has 4 N–H and O–H groups in total. The van der Waals surface area contributed by atoms with E-state index >= 15 is 0 Å². The van der Waals surface area contributed by atoms with Gasteiger partial charge in [0.15, 0.2) is 29.4 Å². The zero-order chi connectivity index (χ0) is 24.7. The lowest BCUT2D eigenvalue weighted by Gasteiger charge is -2.27. The fourth-order valence-electron chi connectivity index (χ4n) is 4.01. The van der Waals surface area contributed by atoms with Crippen LogP contribution >= 0.6 is 0 Å². The molecule has 1 atom stereocenters. The number of hydroxylamine groups is 1. The number of aromatic nitrogens is 2. The van der Waals surface area contributed by atoms with Crippen molar-refractivity contribution >= 4 is 28.9 Å². The van der Waals surface area contributed by atoms with Gasteiger partial charge in [0, 0.05) is 36.9 Å². The van der Waals surface area contributed by atoms with Crippen LogP contribution in [0.5, 0.6) is 11.5 Å². The molecule has 2 heterocycles. The largest absolute Gasteiger partial charge is 0.493 e. The summed E-state index contributed by atoms with van der Waals surface area (Å²) in [5, 5.41) is 14.1. The molecule has 1 amide bonds. The van der Waals surface area contributed by atoms with Crippen LogP contribution in [0.2, 0.25) is 0 Å². The second kappa shape index (κ2) is 10.9. The van der Waals surface area contributed by atoms with Crippen molar-refractivity contribution < 1.29 is 19.1 Å². The Kier molecular flexibility index (Phi) is 7.46. The molecule has 35 heavy (non-hydrogen) atoms. The number of carbonyl (C=O) groups excluding carboxylic acids is 1. The van der Waals surface area contributed by atoms with Gasteiger partial charge in [0.2, 0.25) is 5.91 Å². The number of amides is 1. The molecule has 1 unspecified atom stereocenters. The summed E-state index contributed by atoms with van der Waals surface area (Å²) >= 11 is 0. The SMILES string of the molecule is COc1cccc(C2(CCC(=O)NCCCNc3n[nH]c(=O)c4ccccc34)N=CON2)c1OC. The number of nitrogens with zero attached hydrogens (tertiary/aromatic N) is 2. The number of para-hydroxylation sites is 1. The van der Waals surface area contributed by atoms with E-state index in [1.165, 1.54) is 6.40 Å². The van der Waals surface area contributed by atoms with Gasteiger partial charge in [0.05, 0.1) is 19.6 Å². The van der Waals surface area contributed by atoms with E-state index in [4.69, 9.17) is 14.3 Å². The summed E-state index contributed by atoms with van der Waals surface area (Å²) < 4.78 is 10.9. The van der Waals surface area contributed by atoms with Crippen LogP contribution in [-0.4, -0.2) is 49.8 Å². The number of fused-ring (bicyclic) bond motifs is 1. The number of rotatable bonds is 11. The van der Waals surface area contributed by atoms with Gasteiger partial charge in [0.25, 0.3) is 5.56 Å². The van der Waals surface area contributed by atoms with Gasteiger partial charge < -0.3 is 24.9 Å². The van der Waals surface area contributed by atoms with Gasteiger partial charge in [-0.15, -0.1) is 5.48 Å². The third kappa shape index (κ3) is 5.19. The average molecular weight is 481 g/mol. The molecular formula is C24H28N6O5. The second-order valence-corrected chi connectivity index (χ2v) is 7.93. The van der Waals surface area contributed by atoms with Crippen molar-refractivity contribution in [3.63, 3.8) is 0 Å². The highest BCUT2D eigenvalue weighted by atomic mass is 16.7. The normalized spacial score (nSPS) is 16.6. The smallest absolute Gasteiger partial charge is 0.272 e.